The van der Waals surface area contributed by atoms with E-state index in [0.717, 1.165) is 35.7 Å². The van der Waals surface area contributed by atoms with Gasteiger partial charge >= 0.3 is 0 Å². The van der Waals surface area contributed by atoms with Crippen molar-refractivity contribution in [3.63, 3.8) is 0 Å². The number of thioether (sulfide) groups is 1. The fraction of sp³-hybridized carbons (Fsp3) is 0.556. The highest BCUT2D eigenvalue weighted by molar-refractivity contribution is 9.10. The van der Waals surface area contributed by atoms with Crippen LogP contribution in [0.1, 0.15) is 12.8 Å². The number of nitrogens with zero attached hydrogens (tertiary/aromatic N) is 2. The summed E-state index contributed by atoms with van der Waals surface area (Å²) >= 11 is 5.07. The number of hydrogen-bond acceptors (Lipinski definition) is 4. The van der Waals surface area contributed by atoms with E-state index in [9.17, 15) is 0 Å². The van der Waals surface area contributed by atoms with Gasteiger partial charge in [0, 0.05) is 30.9 Å². The van der Waals surface area contributed by atoms with Crippen molar-refractivity contribution >= 4 is 27.7 Å². The Hall–Kier alpha value is -0.130. The third-order valence-corrected chi connectivity index (χ3v) is 3.67. The molecule has 0 aromatic carbocycles. The Labute approximate surface area is 95.8 Å². The van der Waals surface area contributed by atoms with E-state index in [-0.39, 0.29) is 0 Å². The van der Waals surface area contributed by atoms with Crippen molar-refractivity contribution in [1.29, 1.82) is 0 Å². The molecule has 14 heavy (non-hydrogen) atoms. The summed E-state index contributed by atoms with van der Waals surface area (Å²) in [7, 11) is 0. The summed E-state index contributed by atoms with van der Waals surface area (Å²) in [6, 6.07) is 0. The molecular formula is C9H11BrN2OS. The van der Waals surface area contributed by atoms with Crippen LogP contribution < -0.4 is 0 Å². The van der Waals surface area contributed by atoms with Gasteiger partial charge in [-0.1, -0.05) is 11.8 Å². The Morgan fingerprint density at radius 3 is 2.57 bits per heavy atom. The van der Waals surface area contributed by atoms with E-state index < -0.39 is 0 Å². The van der Waals surface area contributed by atoms with Gasteiger partial charge in [-0.3, -0.25) is 0 Å². The minimum Gasteiger partial charge on any atom is -0.381 e. The van der Waals surface area contributed by atoms with Crippen LogP contribution in [-0.2, 0) is 4.74 Å². The molecule has 2 rings (SSSR count). The fourth-order valence-corrected chi connectivity index (χ4v) is 2.46. The zero-order valence-electron chi connectivity index (χ0n) is 7.65. The summed E-state index contributed by atoms with van der Waals surface area (Å²) in [4.78, 5) is 8.47. The van der Waals surface area contributed by atoms with Gasteiger partial charge in [0.25, 0.3) is 0 Å². The van der Waals surface area contributed by atoms with Crippen molar-refractivity contribution in [2.24, 2.45) is 0 Å². The van der Waals surface area contributed by atoms with Crippen LogP contribution in [0.5, 0.6) is 0 Å². The highest BCUT2D eigenvalue weighted by Crippen LogP contribution is 2.27. The Morgan fingerprint density at radius 1 is 1.29 bits per heavy atom. The first-order chi connectivity index (χ1) is 6.84. The number of aromatic nitrogens is 2. The lowest BCUT2D eigenvalue weighted by atomic mass is 10.2. The molecule has 2 heterocycles. The predicted molar refractivity (Wildman–Crippen MR) is 59.4 cm³/mol. The molecule has 1 aliphatic rings. The molecule has 1 aromatic heterocycles. The SMILES string of the molecule is Brc1cnc(SC2CCOCC2)nc1. The zero-order valence-corrected chi connectivity index (χ0v) is 10.1. The Morgan fingerprint density at radius 2 is 1.93 bits per heavy atom. The van der Waals surface area contributed by atoms with E-state index in [0.29, 0.717) is 5.25 Å². The molecule has 0 N–H and O–H groups in total. The lowest BCUT2D eigenvalue weighted by Crippen LogP contribution is -2.17. The van der Waals surface area contributed by atoms with E-state index in [1.807, 2.05) is 0 Å². The van der Waals surface area contributed by atoms with Gasteiger partial charge in [-0.25, -0.2) is 9.97 Å². The molecule has 0 aliphatic carbocycles. The molecule has 0 spiro atoms. The van der Waals surface area contributed by atoms with Gasteiger partial charge in [-0.05, 0) is 28.8 Å². The molecule has 1 fully saturated rings. The number of halogens is 1. The van der Waals surface area contributed by atoms with Gasteiger partial charge in [0.2, 0.25) is 0 Å². The number of hydrogen-bond donors (Lipinski definition) is 0. The van der Waals surface area contributed by atoms with Gasteiger partial charge in [-0.15, -0.1) is 0 Å². The molecule has 3 nitrogen and oxygen atoms in total. The first-order valence-corrected chi connectivity index (χ1v) is 6.24. The lowest BCUT2D eigenvalue weighted by Gasteiger charge is -2.20. The quantitative estimate of drug-likeness (QED) is 0.777. The third kappa shape index (κ3) is 2.93. The van der Waals surface area contributed by atoms with Crippen molar-refractivity contribution < 1.29 is 4.74 Å². The predicted octanol–water partition coefficient (Wildman–Crippen LogP) is 2.51. The lowest BCUT2D eigenvalue weighted by molar-refractivity contribution is 0.1000. The highest BCUT2D eigenvalue weighted by Gasteiger charge is 2.15. The van der Waals surface area contributed by atoms with Gasteiger partial charge in [-0.2, -0.15) is 0 Å². The van der Waals surface area contributed by atoms with Crippen molar-refractivity contribution in [3.8, 4) is 0 Å². The normalized spacial score (nSPS) is 18.4. The molecule has 0 bridgehead atoms. The van der Waals surface area contributed by atoms with Crippen LogP contribution in [0.15, 0.2) is 22.0 Å². The molecule has 0 amide bonds. The summed E-state index contributed by atoms with van der Waals surface area (Å²) in [5.41, 5.74) is 0. The van der Waals surface area contributed by atoms with Crippen molar-refractivity contribution in [2.45, 2.75) is 23.2 Å². The minimum absolute atomic E-state index is 0.616. The minimum atomic E-state index is 0.616. The van der Waals surface area contributed by atoms with Crippen LogP contribution in [0.2, 0.25) is 0 Å². The van der Waals surface area contributed by atoms with Crippen molar-refractivity contribution in [3.05, 3.63) is 16.9 Å². The van der Waals surface area contributed by atoms with Crippen molar-refractivity contribution in [2.75, 3.05) is 13.2 Å². The number of rotatable bonds is 2. The smallest absolute Gasteiger partial charge is 0.187 e. The van der Waals surface area contributed by atoms with Crippen LogP contribution in [0.4, 0.5) is 0 Å². The number of ether oxygens (including phenoxy) is 1. The van der Waals surface area contributed by atoms with E-state index in [1.165, 1.54) is 0 Å². The standard InChI is InChI=1S/C9H11BrN2OS/c10-7-5-11-9(12-6-7)14-8-1-3-13-4-2-8/h5-6,8H,1-4H2. The molecule has 0 atom stereocenters. The second-order valence-corrected chi connectivity index (χ2v) is 5.30. The molecule has 0 unspecified atom stereocenters. The Kier molecular flexibility index (Phi) is 3.78. The topological polar surface area (TPSA) is 35.0 Å². The van der Waals surface area contributed by atoms with E-state index in [4.69, 9.17) is 4.74 Å². The maximum Gasteiger partial charge on any atom is 0.187 e. The van der Waals surface area contributed by atoms with Crippen LogP contribution in [0.3, 0.4) is 0 Å². The zero-order chi connectivity index (χ0) is 9.80. The van der Waals surface area contributed by atoms with Crippen LogP contribution in [0.25, 0.3) is 0 Å². The fourth-order valence-electron chi connectivity index (χ4n) is 1.30. The third-order valence-electron chi connectivity index (χ3n) is 2.04. The van der Waals surface area contributed by atoms with Crippen molar-refractivity contribution in [1.82, 2.24) is 9.97 Å². The molecule has 76 valence electrons. The largest absolute Gasteiger partial charge is 0.381 e. The maximum atomic E-state index is 5.29. The first kappa shape index (κ1) is 10.4. The molecule has 0 saturated carbocycles. The van der Waals surface area contributed by atoms with E-state index in [2.05, 4.69) is 25.9 Å². The van der Waals surface area contributed by atoms with Gasteiger partial charge < -0.3 is 4.74 Å². The van der Waals surface area contributed by atoms with Crippen LogP contribution in [0, 0.1) is 0 Å². The summed E-state index contributed by atoms with van der Waals surface area (Å²) < 4.78 is 6.22. The van der Waals surface area contributed by atoms with Crippen LogP contribution in [-0.4, -0.2) is 28.4 Å². The van der Waals surface area contributed by atoms with Gasteiger partial charge in [0.05, 0.1) is 4.47 Å². The molecule has 5 heteroatoms. The Balaban J connectivity index is 1.92. The summed E-state index contributed by atoms with van der Waals surface area (Å²) in [6.07, 6.45) is 5.78. The molecule has 1 saturated heterocycles. The maximum absolute atomic E-state index is 5.29. The molecule has 1 aliphatic heterocycles. The molecule has 1 aromatic rings. The molecular weight excluding hydrogens is 264 g/mol. The van der Waals surface area contributed by atoms with E-state index >= 15 is 0 Å². The van der Waals surface area contributed by atoms with Crippen LogP contribution >= 0.6 is 27.7 Å². The summed E-state index contributed by atoms with van der Waals surface area (Å²) in [6.45, 7) is 1.74. The second kappa shape index (κ2) is 5.09. The summed E-state index contributed by atoms with van der Waals surface area (Å²) in [5.74, 6) is 0. The van der Waals surface area contributed by atoms with E-state index in [1.54, 1.807) is 24.2 Å². The second-order valence-electron chi connectivity index (χ2n) is 3.11. The van der Waals surface area contributed by atoms with Gasteiger partial charge in [0.1, 0.15) is 0 Å². The average Bonchev–Trinajstić information content (AvgIpc) is 2.23. The summed E-state index contributed by atoms with van der Waals surface area (Å²) in [5, 5.41) is 1.48. The highest BCUT2D eigenvalue weighted by atomic mass is 79.9. The Bertz CT molecular complexity index is 287. The average molecular weight is 275 g/mol. The first-order valence-electron chi connectivity index (χ1n) is 4.56. The molecule has 0 radical (unpaired) electrons. The van der Waals surface area contributed by atoms with Gasteiger partial charge in [0.15, 0.2) is 5.16 Å². The monoisotopic (exact) mass is 274 g/mol.